The minimum Gasteiger partial charge on any atom is -0.332 e. The van der Waals surface area contributed by atoms with E-state index in [1.54, 1.807) is 4.90 Å². The fraction of sp³-hybridized carbons (Fsp3) is 0.182. The normalized spacial score (nSPS) is 16.4. The highest BCUT2D eigenvalue weighted by Crippen LogP contribution is 2.34. The lowest BCUT2D eigenvalue weighted by atomic mass is 10.1. The van der Waals surface area contributed by atoms with Gasteiger partial charge in [-0.05, 0) is 30.7 Å². The van der Waals surface area contributed by atoms with Crippen LogP contribution < -0.4 is 4.90 Å². The average molecular weight is 420 g/mol. The summed E-state index contributed by atoms with van der Waals surface area (Å²) in [4.78, 5) is 18.9. The zero-order valence-electron chi connectivity index (χ0n) is 16.2. The number of hydrogen-bond acceptors (Lipinski definition) is 5. The van der Waals surface area contributed by atoms with Crippen LogP contribution in [0.2, 0.25) is 5.02 Å². The molecule has 0 radical (unpaired) electrons. The number of halogens is 1. The molecule has 0 aliphatic carbocycles. The molecule has 1 N–H and O–H groups in total. The summed E-state index contributed by atoms with van der Waals surface area (Å²) in [6.07, 6.45) is 0.323. The third kappa shape index (κ3) is 3.37. The first-order chi connectivity index (χ1) is 14.6. The molecule has 0 bridgehead atoms. The maximum absolute atomic E-state index is 12.6. The van der Waals surface area contributed by atoms with Gasteiger partial charge in [-0.3, -0.25) is 9.89 Å². The first-order valence-electron chi connectivity index (χ1n) is 9.60. The number of benzene rings is 2. The molecule has 30 heavy (non-hydrogen) atoms. The van der Waals surface area contributed by atoms with Crippen molar-refractivity contribution in [2.75, 3.05) is 11.4 Å². The molecule has 1 aliphatic heterocycles. The van der Waals surface area contributed by atoms with Crippen molar-refractivity contribution in [2.45, 2.75) is 19.3 Å². The Morgan fingerprint density at radius 1 is 1.17 bits per heavy atom. The second kappa shape index (κ2) is 7.42. The number of anilines is 1. The molecule has 7 nitrogen and oxygen atoms in total. The van der Waals surface area contributed by atoms with Crippen LogP contribution in [0, 0.1) is 6.92 Å². The fourth-order valence-corrected chi connectivity index (χ4v) is 3.85. The van der Waals surface area contributed by atoms with Crippen LogP contribution in [-0.2, 0) is 4.79 Å². The van der Waals surface area contributed by atoms with E-state index in [4.69, 9.17) is 16.1 Å². The van der Waals surface area contributed by atoms with Gasteiger partial charge in [-0.1, -0.05) is 53.2 Å². The van der Waals surface area contributed by atoms with Crippen molar-refractivity contribution in [3.8, 4) is 22.8 Å². The first-order valence-corrected chi connectivity index (χ1v) is 9.97. The van der Waals surface area contributed by atoms with E-state index in [0.29, 0.717) is 35.4 Å². The highest BCUT2D eigenvalue weighted by Gasteiger charge is 2.35. The van der Waals surface area contributed by atoms with E-state index in [1.165, 1.54) is 0 Å². The van der Waals surface area contributed by atoms with E-state index >= 15 is 0 Å². The van der Waals surface area contributed by atoms with E-state index in [2.05, 4.69) is 20.3 Å². The summed E-state index contributed by atoms with van der Waals surface area (Å²) in [6.45, 7) is 2.44. The summed E-state index contributed by atoms with van der Waals surface area (Å²) < 4.78 is 5.45. The number of hydrogen-bond donors (Lipinski definition) is 1. The van der Waals surface area contributed by atoms with Gasteiger partial charge in [0.25, 0.3) is 5.89 Å². The Labute approximate surface area is 177 Å². The van der Waals surface area contributed by atoms with E-state index in [1.807, 2.05) is 61.5 Å². The summed E-state index contributed by atoms with van der Waals surface area (Å²) in [5.74, 6) is 0.732. The SMILES string of the molecule is Cc1ccc(Cl)cc1N1CC(c2noc(-c3cc(-c4ccccc4)n[nH]3)n2)CC1=O. The molecule has 0 saturated carbocycles. The highest BCUT2D eigenvalue weighted by atomic mass is 35.5. The number of amides is 1. The highest BCUT2D eigenvalue weighted by molar-refractivity contribution is 6.31. The molecular formula is C22H18ClN5O2. The van der Waals surface area contributed by atoms with Crippen LogP contribution in [0.1, 0.15) is 23.7 Å². The van der Waals surface area contributed by atoms with Crippen LogP contribution in [0.25, 0.3) is 22.8 Å². The second-order valence-corrected chi connectivity index (χ2v) is 7.76. The van der Waals surface area contributed by atoms with Gasteiger partial charge in [-0.25, -0.2) is 0 Å². The molecule has 1 amide bonds. The molecule has 8 heteroatoms. The molecule has 4 aromatic rings. The zero-order valence-corrected chi connectivity index (χ0v) is 16.9. The van der Waals surface area contributed by atoms with Crippen LogP contribution in [0.15, 0.2) is 59.1 Å². The average Bonchev–Trinajstić information content (AvgIpc) is 3.49. The molecule has 1 fully saturated rings. The predicted molar refractivity (Wildman–Crippen MR) is 113 cm³/mol. The van der Waals surface area contributed by atoms with Gasteiger partial charge in [-0.15, -0.1) is 0 Å². The quantitative estimate of drug-likeness (QED) is 0.522. The van der Waals surface area contributed by atoms with Crippen molar-refractivity contribution in [3.63, 3.8) is 0 Å². The lowest BCUT2D eigenvalue weighted by Crippen LogP contribution is -2.25. The summed E-state index contributed by atoms with van der Waals surface area (Å²) in [5.41, 5.74) is 4.24. The lowest BCUT2D eigenvalue weighted by Gasteiger charge is -2.19. The largest absolute Gasteiger partial charge is 0.332 e. The van der Waals surface area contributed by atoms with E-state index in [9.17, 15) is 4.79 Å². The molecule has 5 rings (SSSR count). The van der Waals surface area contributed by atoms with Crippen LogP contribution in [0.3, 0.4) is 0 Å². The summed E-state index contributed by atoms with van der Waals surface area (Å²) in [5, 5.41) is 12.0. The Morgan fingerprint density at radius 3 is 2.83 bits per heavy atom. The van der Waals surface area contributed by atoms with Crippen LogP contribution in [0.5, 0.6) is 0 Å². The van der Waals surface area contributed by atoms with Gasteiger partial charge in [0.1, 0.15) is 5.69 Å². The van der Waals surface area contributed by atoms with E-state index in [-0.39, 0.29) is 11.8 Å². The Morgan fingerprint density at radius 2 is 2.00 bits per heavy atom. The van der Waals surface area contributed by atoms with Crippen LogP contribution >= 0.6 is 11.6 Å². The molecule has 2 aromatic carbocycles. The minimum atomic E-state index is -0.148. The van der Waals surface area contributed by atoms with E-state index < -0.39 is 0 Å². The smallest absolute Gasteiger partial charge is 0.275 e. The number of nitrogens with one attached hydrogen (secondary N) is 1. The second-order valence-electron chi connectivity index (χ2n) is 7.33. The number of H-pyrrole nitrogens is 1. The zero-order chi connectivity index (χ0) is 20.7. The standard InChI is InChI=1S/C22H18ClN5O2/c1-13-7-8-16(23)10-19(13)28-12-15(9-20(28)29)21-24-22(30-27-21)18-11-17(25-26-18)14-5-3-2-4-6-14/h2-8,10-11,15H,9,12H2,1H3,(H,25,26). The molecule has 150 valence electrons. The van der Waals surface area contributed by atoms with Crippen LogP contribution in [-0.4, -0.2) is 32.8 Å². The van der Waals surface area contributed by atoms with Gasteiger partial charge in [0.15, 0.2) is 5.82 Å². The Kier molecular flexibility index (Phi) is 4.59. The molecule has 1 unspecified atom stereocenters. The summed E-state index contributed by atoms with van der Waals surface area (Å²) in [6, 6.07) is 17.2. The Balaban J connectivity index is 1.37. The van der Waals surface area contributed by atoms with Crippen molar-refractivity contribution < 1.29 is 9.32 Å². The van der Waals surface area contributed by atoms with Gasteiger partial charge in [-0.2, -0.15) is 10.1 Å². The number of carbonyl (C=O) groups excluding carboxylic acids is 1. The monoisotopic (exact) mass is 419 g/mol. The summed E-state index contributed by atoms with van der Waals surface area (Å²) in [7, 11) is 0. The number of nitrogens with zero attached hydrogens (tertiary/aromatic N) is 4. The predicted octanol–water partition coefficient (Wildman–Crippen LogP) is 4.61. The number of aryl methyl sites for hydroxylation is 1. The lowest BCUT2D eigenvalue weighted by molar-refractivity contribution is -0.117. The summed E-state index contributed by atoms with van der Waals surface area (Å²) >= 11 is 6.13. The maximum Gasteiger partial charge on any atom is 0.275 e. The van der Waals surface area contributed by atoms with Crippen molar-refractivity contribution in [2.24, 2.45) is 0 Å². The molecule has 0 spiro atoms. The number of rotatable bonds is 4. The molecule has 1 saturated heterocycles. The topological polar surface area (TPSA) is 87.9 Å². The molecule has 3 heterocycles. The van der Waals surface area contributed by atoms with Crippen molar-refractivity contribution in [1.82, 2.24) is 20.3 Å². The Bertz CT molecular complexity index is 1220. The Hall–Kier alpha value is -3.45. The molecule has 1 atom stereocenters. The molecular weight excluding hydrogens is 402 g/mol. The van der Waals surface area contributed by atoms with Gasteiger partial charge >= 0.3 is 0 Å². The van der Waals surface area contributed by atoms with Crippen molar-refractivity contribution in [3.05, 3.63) is 71.0 Å². The van der Waals surface area contributed by atoms with Gasteiger partial charge in [0, 0.05) is 35.2 Å². The number of carbonyl (C=O) groups is 1. The number of aromatic nitrogens is 4. The third-order valence-corrected chi connectivity index (χ3v) is 5.51. The van der Waals surface area contributed by atoms with E-state index in [0.717, 1.165) is 22.5 Å². The molecule has 1 aliphatic rings. The van der Waals surface area contributed by atoms with Gasteiger partial charge in [0.05, 0.1) is 5.69 Å². The third-order valence-electron chi connectivity index (χ3n) is 5.27. The van der Waals surface area contributed by atoms with Gasteiger partial charge in [0.2, 0.25) is 5.91 Å². The number of aromatic amines is 1. The molecule has 2 aromatic heterocycles. The van der Waals surface area contributed by atoms with Crippen molar-refractivity contribution >= 4 is 23.2 Å². The minimum absolute atomic E-state index is 0.0182. The maximum atomic E-state index is 12.6. The first kappa shape index (κ1) is 18.6. The van der Waals surface area contributed by atoms with Gasteiger partial charge < -0.3 is 9.42 Å². The van der Waals surface area contributed by atoms with Crippen LogP contribution in [0.4, 0.5) is 5.69 Å². The fourth-order valence-electron chi connectivity index (χ4n) is 3.68. The van der Waals surface area contributed by atoms with Crippen molar-refractivity contribution in [1.29, 1.82) is 0 Å².